The summed E-state index contributed by atoms with van der Waals surface area (Å²) in [5.74, 6) is -0.619. The van der Waals surface area contributed by atoms with E-state index in [1.807, 2.05) is 6.92 Å². The number of anilines is 1. The Bertz CT molecular complexity index is 1120. The van der Waals surface area contributed by atoms with E-state index in [2.05, 4.69) is 12.2 Å². The molecule has 0 saturated carbocycles. The van der Waals surface area contributed by atoms with Gasteiger partial charge in [-0.05, 0) is 67.3 Å². The summed E-state index contributed by atoms with van der Waals surface area (Å²) in [6.45, 7) is 4.04. The summed E-state index contributed by atoms with van der Waals surface area (Å²) in [6.07, 6.45) is 1.90. The van der Waals surface area contributed by atoms with Crippen molar-refractivity contribution in [1.29, 1.82) is 0 Å². The molecule has 0 aliphatic heterocycles. The number of nitrogens with one attached hydrogen (secondary N) is 1. The number of carbonyl (C=O) groups is 1. The van der Waals surface area contributed by atoms with Crippen molar-refractivity contribution in [2.75, 3.05) is 11.4 Å². The van der Waals surface area contributed by atoms with Crippen LogP contribution < -0.4 is 9.62 Å². The lowest BCUT2D eigenvalue weighted by Crippen LogP contribution is -2.31. The van der Waals surface area contributed by atoms with Gasteiger partial charge in [-0.25, -0.2) is 12.8 Å². The van der Waals surface area contributed by atoms with E-state index in [0.717, 1.165) is 39.4 Å². The number of nitrogens with zero attached hydrogens (tertiary/aromatic N) is 1. The van der Waals surface area contributed by atoms with Crippen LogP contribution >= 0.6 is 11.3 Å². The first-order chi connectivity index (χ1) is 13.7. The zero-order chi connectivity index (χ0) is 21.2. The molecule has 0 unspecified atom stereocenters. The van der Waals surface area contributed by atoms with Crippen LogP contribution in [0.5, 0.6) is 0 Å². The first kappa shape index (κ1) is 21.3. The van der Waals surface area contributed by atoms with Crippen molar-refractivity contribution >= 4 is 43.0 Å². The molecule has 0 aliphatic rings. The molecule has 1 N–H and O–H groups in total. The first-order valence-corrected chi connectivity index (χ1v) is 11.6. The SMILES string of the molecule is CCC[C@@H](C)NC(=O)c1cc2cc(N(C)S(=O)(=O)c3ccc(F)cc3)ccc2s1. The third kappa shape index (κ3) is 4.59. The highest BCUT2D eigenvalue weighted by Gasteiger charge is 2.22. The van der Waals surface area contributed by atoms with Crippen molar-refractivity contribution in [3.63, 3.8) is 0 Å². The second-order valence-electron chi connectivity index (χ2n) is 6.92. The van der Waals surface area contributed by atoms with E-state index in [-0.39, 0.29) is 16.8 Å². The van der Waals surface area contributed by atoms with Crippen LogP contribution in [-0.2, 0) is 10.0 Å². The molecule has 3 aromatic rings. The van der Waals surface area contributed by atoms with Crippen molar-refractivity contribution in [3.05, 3.63) is 59.2 Å². The number of amides is 1. The van der Waals surface area contributed by atoms with Gasteiger partial charge in [0.15, 0.2) is 0 Å². The highest BCUT2D eigenvalue weighted by molar-refractivity contribution is 7.92. The zero-order valence-electron chi connectivity index (χ0n) is 16.5. The summed E-state index contributed by atoms with van der Waals surface area (Å²) in [4.78, 5) is 13.1. The Labute approximate surface area is 174 Å². The monoisotopic (exact) mass is 434 g/mol. The Morgan fingerprint density at radius 2 is 1.86 bits per heavy atom. The molecular formula is C21H23FN2O3S2. The summed E-state index contributed by atoms with van der Waals surface area (Å²) >= 11 is 1.37. The fourth-order valence-electron chi connectivity index (χ4n) is 3.04. The Kier molecular flexibility index (Phi) is 6.24. The predicted molar refractivity (Wildman–Crippen MR) is 116 cm³/mol. The number of carbonyl (C=O) groups excluding carboxylic acids is 1. The maximum atomic E-state index is 13.1. The van der Waals surface area contributed by atoms with Crippen LogP contribution in [0.3, 0.4) is 0 Å². The summed E-state index contributed by atoms with van der Waals surface area (Å²) in [6, 6.07) is 11.8. The Morgan fingerprint density at radius 3 is 2.52 bits per heavy atom. The van der Waals surface area contributed by atoms with E-state index < -0.39 is 15.8 Å². The van der Waals surface area contributed by atoms with Crippen molar-refractivity contribution in [3.8, 4) is 0 Å². The third-order valence-electron chi connectivity index (χ3n) is 4.66. The van der Waals surface area contributed by atoms with Crippen molar-refractivity contribution < 1.29 is 17.6 Å². The minimum absolute atomic E-state index is 0.0109. The van der Waals surface area contributed by atoms with Gasteiger partial charge in [0.05, 0.1) is 15.5 Å². The molecule has 0 aliphatic carbocycles. The molecule has 1 atom stereocenters. The molecule has 0 spiro atoms. The molecule has 29 heavy (non-hydrogen) atoms. The average molecular weight is 435 g/mol. The standard InChI is InChI=1S/C21H23FN2O3S2/c1-4-5-14(2)23-21(25)20-13-15-12-17(8-11-19(15)28-20)24(3)29(26,27)18-9-6-16(22)7-10-18/h6-14H,4-5H2,1-3H3,(H,23,25)/t14-/m1/s1. The lowest BCUT2D eigenvalue weighted by molar-refractivity contribution is 0.0942. The van der Waals surface area contributed by atoms with Crippen LogP contribution in [0, 0.1) is 5.82 Å². The van der Waals surface area contributed by atoms with Gasteiger partial charge in [-0.1, -0.05) is 13.3 Å². The van der Waals surface area contributed by atoms with Gasteiger partial charge in [0.1, 0.15) is 5.82 Å². The Morgan fingerprint density at radius 1 is 1.17 bits per heavy atom. The quantitative estimate of drug-likeness (QED) is 0.582. The second-order valence-corrected chi connectivity index (χ2v) is 9.98. The summed E-state index contributed by atoms with van der Waals surface area (Å²) < 4.78 is 40.8. The Balaban J connectivity index is 1.87. The van der Waals surface area contributed by atoms with E-state index in [1.54, 1.807) is 24.3 Å². The summed E-state index contributed by atoms with van der Waals surface area (Å²) in [7, 11) is -2.37. The molecular weight excluding hydrogens is 411 g/mol. The van der Waals surface area contributed by atoms with Crippen LogP contribution in [0.25, 0.3) is 10.1 Å². The molecule has 0 radical (unpaired) electrons. The smallest absolute Gasteiger partial charge is 0.264 e. The largest absolute Gasteiger partial charge is 0.349 e. The minimum atomic E-state index is -3.82. The molecule has 2 aromatic carbocycles. The molecule has 0 saturated heterocycles. The van der Waals surface area contributed by atoms with Crippen LogP contribution in [0.15, 0.2) is 53.4 Å². The lowest BCUT2D eigenvalue weighted by atomic mass is 10.2. The van der Waals surface area contributed by atoms with Crippen LogP contribution in [0.4, 0.5) is 10.1 Å². The van der Waals surface area contributed by atoms with E-state index in [0.29, 0.717) is 10.6 Å². The van der Waals surface area contributed by atoms with E-state index >= 15 is 0 Å². The second kappa shape index (κ2) is 8.51. The maximum Gasteiger partial charge on any atom is 0.264 e. The zero-order valence-corrected chi connectivity index (χ0v) is 18.1. The summed E-state index contributed by atoms with van der Waals surface area (Å²) in [5.41, 5.74) is 0.464. The predicted octanol–water partition coefficient (Wildman–Crippen LogP) is 4.78. The number of sulfonamides is 1. The number of halogens is 1. The number of hydrogen-bond donors (Lipinski definition) is 1. The molecule has 3 rings (SSSR count). The van der Waals surface area contributed by atoms with E-state index in [9.17, 15) is 17.6 Å². The molecule has 8 heteroatoms. The molecule has 154 valence electrons. The summed E-state index contributed by atoms with van der Waals surface area (Å²) in [5, 5.41) is 3.77. The minimum Gasteiger partial charge on any atom is -0.349 e. The molecule has 0 fully saturated rings. The molecule has 5 nitrogen and oxygen atoms in total. The van der Waals surface area contributed by atoms with E-state index in [1.165, 1.54) is 30.5 Å². The molecule has 1 heterocycles. The topological polar surface area (TPSA) is 66.5 Å². The number of hydrogen-bond acceptors (Lipinski definition) is 4. The highest BCUT2D eigenvalue weighted by atomic mass is 32.2. The molecule has 1 amide bonds. The highest BCUT2D eigenvalue weighted by Crippen LogP contribution is 2.31. The van der Waals surface area contributed by atoms with Gasteiger partial charge in [0.2, 0.25) is 0 Å². The molecule has 1 aromatic heterocycles. The Hall–Kier alpha value is -2.45. The van der Waals surface area contributed by atoms with Crippen LogP contribution in [0.2, 0.25) is 0 Å². The van der Waals surface area contributed by atoms with Crippen molar-refractivity contribution in [1.82, 2.24) is 5.32 Å². The van der Waals surface area contributed by atoms with Gasteiger partial charge in [0.25, 0.3) is 15.9 Å². The van der Waals surface area contributed by atoms with Gasteiger partial charge >= 0.3 is 0 Å². The molecule has 0 bridgehead atoms. The van der Waals surface area contributed by atoms with Gasteiger partial charge < -0.3 is 5.32 Å². The first-order valence-electron chi connectivity index (χ1n) is 9.31. The fraction of sp³-hybridized carbons (Fsp3) is 0.286. The number of benzene rings is 2. The van der Waals surface area contributed by atoms with Gasteiger partial charge in [-0.3, -0.25) is 9.10 Å². The van der Waals surface area contributed by atoms with Crippen LogP contribution in [-0.4, -0.2) is 27.4 Å². The van der Waals surface area contributed by atoms with Gasteiger partial charge in [0, 0.05) is 17.8 Å². The maximum absolute atomic E-state index is 13.1. The van der Waals surface area contributed by atoms with Crippen molar-refractivity contribution in [2.45, 2.75) is 37.6 Å². The number of thiophene rings is 1. The van der Waals surface area contributed by atoms with Gasteiger partial charge in [-0.15, -0.1) is 11.3 Å². The van der Waals surface area contributed by atoms with Gasteiger partial charge in [-0.2, -0.15) is 0 Å². The van der Waals surface area contributed by atoms with Crippen molar-refractivity contribution in [2.24, 2.45) is 0 Å². The normalized spacial score (nSPS) is 12.7. The fourth-order valence-corrected chi connectivity index (χ4v) is 5.18. The van der Waals surface area contributed by atoms with E-state index in [4.69, 9.17) is 0 Å². The van der Waals surface area contributed by atoms with Crippen LogP contribution in [0.1, 0.15) is 36.4 Å². The number of rotatable bonds is 7. The lowest BCUT2D eigenvalue weighted by Gasteiger charge is -2.19. The number of fused-ring (bicyclic) bond motifs is 1. The third-order valence-corrected chi connectivity index (χ3v) is 7.57. The average Bonchev–Trinajstić information content (AvgIpc) is 3.11.